The van der Waals surface area contributed by atoms with Gasteiger partial charge >= 0.3 is 5.97 Å². The molecule has 1 rings (SSSR count). The van der Waals surface area contributed by atoms with Gasteiger partial charge in [0.15, 0.2) is 0 Å². The first-order chi connectivity index (χ1) is 10.0. The first kappa shape index (κ1) is 17.1. The molecule has 0 aromatic rings. The third-order valence-electron chi connectivity index (χ3n) is 3.32. The van der Waals surface area contributed by atoms with Crippen molar-refractivity contribution in [2.45, 2.75) is 51.4 Å². The van der Waals surface area contributed by atoms with Gasteiger partial charge < -0.3 is 10.4 Å². The number of aliphatic carboxylic acids is 1. The van der Waals surface area contributed by atoms with E-state index in [1.165, 1.54) is 5.01 Å². The lowest BCUT2D eigenvalue weighted by Crippen LogP contribution is -2.37. The molecule has 0 saturated carbocycles. The van der Waals surface area contributed by atoms with Gasteiger partial charge in [0.2, 0.25) is 5.91 Å². The van der Waals surface area contributed by atoms with Crippen LogP contribution in [0.1, 0.15) is 51.4 Å². The Balaban J connectivity index is 2.07. The summed E-state index contributed by atoms with van der Waals surface area (Å²) < 4.78 is 0. The van der Waals surface area contributed by atoms with Crippen molar-refractivity contribution in [3.05, 3.63) is 0 Å². The van der Waals surface area contributed by atoms with Crippen LogP contribution in [-0.4, -0.2) is 47.2 Å². The van der Waals surface area contributed by atoms with Crippen molar-refractivity contribution in [3.8, 4) is 0 Å². The van der Waals surface area contributed by atoms with E-state index in [0.29, 0.717) is 31.5 Å². The molecule has 1 aliphatic heterocycles. The van der Waals surface area contributed by atoms with Gasteiger partial charge in [-0.1, -0.05) is 19.3 Å². The summed E-state index contributed by atoms with van der Waals surface area (Å²) in [5.74, 6) is -1.04. The zero-order valence-electron chi connectivity index (χ0n) is 12.4. The minimum Gasteiger partial charge on any atom is -0.481 e. The third-order valence-corrected chi connectivity index (χ3v) is 3.32. The van der Waals surface area contributed by atoms with Crippen molar-refractivity contribution >= 4 is 23.5 Å². The van der Waals surface area contributed by atoms with Crippen LogP contribution in [-0.2, 0) is 14.4 Å². The summed E-state index contributed by atoms with van der Waals surface area (Å²) in [6.07, 6.45) is 5.35. The van der Waals surface area contributed by atoms with E-state index in [4.69, 9.17) is 5.11 Å². The maximum absolute atomic E-state index is 11.8. The largest absolute Gasteiger partial charge is 0.481 e. The average molecular weight is 297 g/mol. The number of hydrogen-bond donors (Lipinski definition) is 2. The molecule has 0 radical (unpaired) electrons. The standard InChI is InChI=1S/C14H23N3O4/c1-17-12(18)9-8-11(16-17)14(21)15-10-6-4-2-3-5-7-13(19)20/h2-10H2,1H3,(H,15,21)(H,19,20). The second-order valence-corrected chi connectivity index (χ2v) is 5.13. The van der Waals surface area contributed by atoms with Crippen molar-refractivity contribution in [1.29, 1.82) is 0 Å². The molecule has 1 aliphatic rings. The van der Waals surface area contributed by atoms with Crippen molar-refractivity contribution < 1.29 is 19.5 Å². The summed E-state index contributed by atoms with van der Waals surface area (Å²) in [6, 6.07) is 0. The second kappa shape index (κ2) is 9.10. The molecule has 0 aromatic carbocycles. The van der Waals surface area contributed by atoms with E-state index in [-0.39, 0.29) is 18.2 Å². The van der Waals surface area contributed by atoms with Gasteiger partial charge in [-0.2, -0.15) is 5.10 Å². The number of carbonyl (C=O) groups excluding carboxylic acids is 2. The lowest BCUT2D eigenvalue weighted by molar-refractivity contribution is -0.137. The molecular formula is C14H23N3O4. The molecule has 118 valence electrons. The van der Waals surface area contributed by atoms with Gasteiger partial charge in [0.05, 0.1) is 0 Å². The molecule has 2 N–H and O–H groups in total. The molecule has 0 unspecified atom stereocenters. The van der Waals surface area contributed by atoms with Gasteiger partial charge in [-0.3, -0.25) is 14.4 Å². The van der Waals surface area contributed by atoms with Crippen LogP contribution in [0, 0.1) is 0 Å². The van der Waals surface area contributed by atoms with Gasteiger partial charge in [-0.25, -0.2) is 5.01 Å². The SMILES string of the molecule is CN1N=C(C(=O)NCCCCCCCC(=O)O)CCC1=O. The Hall–Kier alpha value is -1.92. The molecule has 21 heavy (non-hydrogen) atoms. The molecule has 1 heterocycles. The number of carbonyl (C=O) groups is 3. The highest BCUT2D eigenvalue weighted by Gasteiger charge is 2.21. The van der Waals surface area contributed by atoms with Crippen LogP contribution >= 0.6 is 0 Å². The number of nitrogens with one attached hydrogen (secondary N) is 1. The molecule has 0 atom stereocenters. The predicted molar refractivity (Wildman–Crippen MR) is 77.8 cm³/mol. The highest BCUT2D eigenvalue weighted by atomic mass is 16.4. The van der Waals surface area contributed by atoms with Crippen molar-refractivity contribution in [1.82, 2.24) is 10.3 Å². The number of amides is 2. The molecule has 0 spiro atoms. The normalized spacial score (nSPS) is 14.8. The first-order valence-corrected chi connectivity index (χ1v) is 7.34. The Morgan fingerprint density at radius 2 is 1.86 bits per heavy atom. The maximum Gasteiger partial charge on any atom is 0.303 e. The number of hydrazone groups is 1. The van der Waals surface area contributed by atoms with Crippen LogP contribution in [0.2, 0.25) is 0 Å². The molecule has 0 bridgehead atoms. The fourth-order valence-corrected chi connectivity index (χ4v) is 2.07. The third kappa shape index (κ3) is 6.87. The Bertz CT molecular complexity index is 420. The van der Waals surface area contributed by atoms with Gasteiger partial charge in [-0.15, -0.1) is 0 Å². The average Bonchev–Trinajstić information content (AvgIpc) is 2.44. The summed E-state index contributed by atoms with van der Waals surface area (Å²) in [5.41, 5.74) is 0.401. The number of nitrogens with zero attached hydrogens (tertiary/aromatic N) is 2. The van der Waals surface area contributed by atoms with Gasteiger partial charge in [0.1, 0.15) is 5.71 Å². The van der Waals surface area contributed by atoms with E-state index in [9.17, 15) is 14.4 Å². The lowest BCUT2D eigenvalue weighted by Gasteiger charge is -2.18. The van der Waals surface area contributed by atoms with E-state index in [1.807, 2.05) is 0 Å². The van der Waals surface area contributed by atoms with E-state index in [1.54, 1.807) is 7.05 Å². The molecule has 0 saturated heterocycles. The van der Waals surface area contributed by atoms with Crippen LogP contribution in [0.4, 0.5) is 0 Å². The Morgan fingerprint density at radius 3 is 2.52 bits per heavy atom. The molecule has 0 fully saturated rings. The van der Waals surface area contributed by atoms with Gasteiger partial charge in [0.25, 0.3) is 5.91 Å². The van der Waals surface area contributed by atoms with Crippen molar-refractivity contribution in [2.75, 3.05) is 13.6 Å². The molecule has 0 aromatic heterocycles. The van der Waals surface area contributed by atoms with E-state index < -0.39 is 5.97 Å². The number of carboxylic acids is 1. The minimum atomic E-state index is -0.751. The van der Waals surface area contributed by atoms with Crippen LogP contribution in [0.5, 0.6) is 0 Å². The van der Waals surface area contributed by atoms with E-state index in [2.05, 4.69) is 10.4 Å². The fraction of sp³-hybridized carbons (Fsp3) is 0.714. The monoisotopic (exact) mass is 297 g/mol. The Kier molecular flexibility index (Phi) is 7.42. The van der Waals surface area contributed by atoms with Crippen LogP contribution in [0.15, 0.2) is 5.10 Å². The number of carboxylic acid groups (broad SMARTS) is 1. The minimum absolute atomic E-state index is 0.0760. The highest BCUT2D eigenvalue weighted by Crippen LogP contribution is 2.07. The highest BCUT2D eigenvalue weighted by molar-refractivity contribution is 6.39. The molecule has 0 aliphatic carbocycles. The van der Waals surface area contributed by atoms with Gasteiger partial charge in [-0.05, 0) is 12.8 Å². The molecule has 7 nitrogen and oxygen atoms in total. The maximum atomic E-state index is 11.8. The smallest absolute Gasteiger partial charge is 0.303 e. The zero-order chi connectivity index (χ0) is 15.7. The predicted octanol–water partition coefficient (Wildman–Crippen LogP) is 1.14. The Labute approximate surface area is 124 Å². The lowest BCUT2D eigenvalue weighted by atomic mass is 10.1. The summed E-state index contributed by atoms with van der Waals surface area (Å²) in [7, 11) is 1.55. The number of unbranched alkanes of at least 4 members (excludes halogenated alkanes) is 4. The van der Waals surface area contributed by atoms with Crippen LogP contribution in [0.3, 0.4) is 0 Å². The van der Waals surface area contributed by atoms with Crippen molar-refractivity contribution in [3.63, 3.8) is 0 Å². The van der Waals surface area contributed by atoms with Crippen molar-refractivity contribution in [2.24, 2.45) is 5.10 Å². The van der Waals surface area contributed by atoms with Crippen LogP contribution < -0.4 is 5.32 Å². The summed E-state index contributed by atoms with van der Waals surface area (Å²) in [4.78, 5) is 33.4. The van der Waals surface area contributed by atoms with Crippen LogP contribution in [0.25, 0.3) is 0 Å². The Morgan fingerprint density at radius 1 is 1.19 bits per heavy atom. The van der Waals surface area contributed by atoms with Gasteiger partial charge in [0, 0.05) is 32.9 Å². The number of rotatable bonds is 9. The second-order valence-electron chi connectivity index (χ2n) is 5.13. The molecule has 2 amide bonds. The fourth-order valence-electron chi connectivity index (χ4n) is 2.07. The van der Waals surface area contributed by atoms with E-state index >= 15 is 0 Å². The van der Waals surface area contributed by atoms with E-state index in [0.717, 1.165) is 25.7 Å². The summed E-state index contributed by atoms with van der Waals surface area (Å²) in [5, 5.41) is 16.4. The number of hydrogen-bond acceptors (Lipinski definition) is 4. The molecule has 7 heteroatoms. The molecular weight excluding hydrogens is 274 g/mol. The summed E-state index contributed by atoms with van der Waals surface area (Å²) >= 11 is 0. The summed E-state index contributed by atoms with van der Waals surface area (Å²) in [6.45, 7) is 0.578. The first-order valence-electron chi connectivity index (χ1n) is 7.34. The zero-order valence-corrected chi connectivity index (χ0v) is 12.4. The topological polar surface area (TPSA) is 99.1 Å². The quantitative estimate of drug-likeness (QED) is 0.623.